The summed E-state index contributed by atoms with van der Waals surface area (Å²) in [6, 6.07) is 17.9. The van der Waals surface area contributed by atoms with Crippen LogP contribution in [0.4, 0.5) is 5.69 Å². The molecule has 0 aliphatic heterocycles. The summed E-state index contributed by atoms with van der Waals surface area (Å²) in [6.45, 7) is 3.85. The second-order valence-electron chi connectivity index (χ2n) is 7.09. The predicted octanol–water partition coefficient (Wildman–Crippen LogP) is 3.97. The number of amides is 1. The van der Waals surface area contributed by atoms with Crippen LogP contribution >= 0.6 is 11.7 Å². The highest BCUT2D eigenvalue weighted by atomic mass is 32.2. The van der Waals surface area contributed by atoms with Gasteiger partial charge in [0.2, 0.25) is 15.9 Å². The van der Waals surface area contributed by atoms with E-state index in [1.807, 2.05) is 26.0 Å². The van der Waals surface area contributed by atoms with E-state index < -0.39 is 22.0 Å². The lowest BCUT2D eigenvalue weighted by molar-refractivity contribution is -0.117. The predicted molar refractivity (Wildman–Crippen MR) is 121 cm³/mol. The maximum atomic E-state index is 13.3. The Morgan fingerprint density at radius 1 is 0.935 bits per heavy atom. The van der Waals surface area contributed by atoms with Crippen molar-refractivity contribution in [1.29, 1.82) is 0 Å². The molecule has 3 aromatic carbocycles. The van der Waals surface area contributed by atoms with Crippen LogP contribution in [0.25, 0.3) is 11.0 Å². The van der Waals surface area contributed by atoms with E-state index in [1.54, 1.807) is 48.5 Å². The summed E-state index contributed by atoms with van der Waals surface area (Å²) in [7, 11) is -4.07. The molecule has 1 atom stereocenters. The van der Waals surface area contributed by atoms with Gasteiger partial charge in [0.15, 0.2) is 0 Å². The Morgan fingerprint density at radius 3 is 2.45 bits per heavy atom. The Bertz CT molecular complexity index is 1350. The van der Waals surface area contributed by atoms with Crippen molar-refractivity contribution in [2.45, 2.75) is 24.8 Å². The third-order valence-electron chi connectivity index (χ3n) is 5.07. The molecular formula is C22H20N4O3S2. The van der Waals surface area contributed by atoms with Gasteiger partial charge in [-0.15, -0.1) is 0 Å². The largest absolute Gasteiger partial charge is 0.324 e. The van der Waals surface area contributed by atoms with Crippen LogP contribution in [0.2, 0.25) is 0 Å². The number of aromatic nitrogens is 2. The van der Waals surface area contributed by atoms with Crippen LogP contribution in [0.15, 0.2) is 71.6 Å². The number of nitrogens with one attached hydrogen (secondary N) is 2. The number of anilines is 1. The van der Waals surface area contributed by atoms with Gasteiger partial charge in [0.1, 0.15) is 22.0 Å². The molecule has 0 bridgehead atoms. The first-order valence-corrected chi connectivity index (χ1v) is 11.7. The number of benzene rings is 3. The Morgan fingerprint density at radius 2 is 1.68 bits per heavy atom. The first kappa shape index (κ1) is 21.1. The number of carbonyl (C=O) groups is 1. The molecule has 1 heterocycles. The lowest BCUT2D eigenvalue weighted by Gasteiger charge is -2.20. The van der Waals surface area contributed by atoms with Gasteiger partial charge in [0, 0.05) is 5.69 Å². The van der Waals surface area contributed by atoms with Gasteiger partial charge < -0.3 is 5.32 Å². The van der Waals surface area contributed by atoms with Crippen molar-refractivity contribution in [3.05, 3.63) is 83.4 Å². The minimum Gasteiger partial charge on any atom is -0.324 e. The standard InChI is InChI=1S/C22H20N4O3S2/c1-14-8-6-11-17(15(14)2)23-22(27)20(16-9-4-3-5-10-16)26-31(28,29)19-13-7-12-18-21(19)25-30-24-18/h3-13,20,26H,1-2H3,(H,23,27). The Balaban J connectivity index is 1.71. The van der Waals surface area contributed by atoms with Gasteiger partial charge in [0.25, 0.3) is 0 Å². The first-order chi connectivity index (χ1) is 14.9. The van der Waals surface area contributed by atoms with Crippen LogP contribution in [0, 0.1) is 13.8 Å². The molecule has 0 saturated heterocycles. The molecule has 0 aliphatic rings. The number of sulfonamides is 1. The van der Waals surface area contributed by atoms with Crippen LogP contribution in [-0.2, 0) is 14.8 Å². The molecule has 0 radical (unpaired) electrons. The molecule has 0 aliphatic carbocycles. The molecule has 31 heavy (non-hydrogen) atoms. The van der Waals surface area contributed by atoms with Crippen LogP contribution in [0.1, 0.15) is 22.7 Å². The number of hydrogen-bond donors (Lipinski definition) is 2. The number of carbonyl (C=O) groups excluding carboxylic acids is 1. The van der Waals surface area contributed by atoms with Crippen molar-refractivity contribution in [2.75, 3.05) is 5.32 Å². The summed E-state index contributed by atoms with van der Waals surface area (Å²) in [5.41, 5.74) is 3.88. The Hall–Kier alpha value is -3.14. The third kappa shape index (κ3) is 4.34. The van der Waals surface area contributed by atoms with Crippen LogP contribution in [0.3, 0.4) is 0 Å². The molecule has 1 aromatic heterocycles. The molecule has 2 N–H and O–H groups in total. The van der Waals surface area contributed by atoms with Gasteiger partial charge in [-0.2, -0.15) is 13.5 Å². The fourth-order valence-electron chi connectivity index (χ4n) is 3.23. The molecule has 9 heteroatoms. The zero-order valence-corrected chi connectivity index (χ0v) is 18.5. The Kier molecular flexibility index (Phi) is 5.81. The highest BCUT2D eigenvalue weighted by molar-refractivity contribution is 7.89. The van der Waals surface area contributed by atoms with Gasteiger partial charge in [-0.3, -0.25) is 4.79 Å². The van der Waals surface area contributed by atoms with E-state index >= 15 is 0 Å². The van der Waals surface area contributed by atoms with Gasteiger partial charge in [-0.25, -0.2) is 8.42 Å². The lowest BCUT2D eigenvalue weighted by Crippen LogP contribution is -2.37. The van der Waals surface area contributed by atoms with Crippen molar-refractivity contribution >= 4 is 44.4 Å². The maximum Gasteiger partial charge on any atom is 0.247 e. The van der Waals surface area contributed by atoms with E-state index in [0.29, 0.717) is 16.8 Å². The van der Waals surface area contributed by atoms with Crippen molar-refractivity contribution in [1.82, 2.24) is 13.5 Å². The number of aryl methyl sites for hydroxylation is 1. The second-order valence-corrected chi connectivity index (χ2v) is 9.30. The van der Waals surface area contributed by atoms with Crippen LogP contribution < -0.4 is 10.0 Å². The summed E-state index contributed by atoms with van der Waals surface area (Å²) < 4.78 is 37.3. The normalized spacial score (nSPS) is 12.6. The summed E-state index contributed by atoms with van der Waals surface area (Å²) in [4.78, 5) is 13.2. The second kappa shape index (κ2) is 8.54. The summed E-state index contributed by atoms with van der Waals surface area (Å²) >= 11 is 0.938. The zero-order valence-electron chi connectivity index (χ0n) is 16.9. The van der Waals surface area contributed by atoms with E-state index in [0.717, 1.165) is 22.9 Å². The number of rotatable bonds is 6. The highest BCUT2D eigenvalue weighted by Crippen LogP contribution is 2.25. The van der Waals surface area contributed by atoms with Crippen molar-refractivity contribution in [3.8, 4) is 0 Å². The van der Waals surface area contributed by atoms with Gasteiger partial charge in [0.05, 0.1) is 11.7 Å². The zero-order chi connectivity index (χ0) is 22.0. The lowest BCUT2D eigenvalue weighted by atomic mass is 10.1. The monoisotopic (exact) mass is 452 g/mol. The highest BCUT2D eigenvalue weighted by Gasteiger charge is 2.29. The van der Waals surface area contributed by atoms with E-state index in [2.05, 4.69) is 18.8 Å². The molecule has 7 nitrogen and oxygen atoms in total. The van der Waals surface area contributed by atoms with E-state index in [1.165, 1.54) is 6.07 Å². The van der Waals surface area contributed by atoms with Crippen LogP contribution in [-0.4, -0.2) is 23.1 Å². The molecule has 4 rings (SSSR count). The van der Waals surface area contributed by atoms with Gasteiger partial charge in [-0.05, 0) is 48.7 Å². The van der Waals surface area contributed by atoms with Crippen molar-refractivity contribution in [2.24, 2.45) is 0 Å². The molecule has 0 spiro atoms. The number of fused-ring (bicyclic) bond motifs is 1. The molecule has 0 fully saturated rings. The van der Waals surface area contributed by atoms with E-state index in [9.17, 15) is 13.2 Å². The van der Waals surface area contributed by atoms with Gasteiger partial charge in [-0.1, -0.05) is 48.5 Å². The number of hydrogen-bond acceptors (Lipinski definition) is 6. The molecule has 1 amide bonds. The number of nitrogens with zero attached hydrogens (tertiary/aromatic N) is 2. The first-order valence-electron chi connectivity index (χ1n) is 9.52. The smallest absolute Gasteiger partial charge is 0.247 e. The molecular weight excluding hydrogens is 432 g/mol. The summed E-state index contributed by atoms with van der Waals surface area (Å²) in [5.74, 6) is -0.480. The minimum absolute atomic E-state index is 0.0146. The van der Waals surface area contributed by atoms with Gasteiger partial charge >= 0.3 is 0 Å². The Labute approximate surface area is 184 Å². The quantitative estimate of drug-likeness (QED) is 0.461. The maximum absolute atomic E-state index is 13.3. The summed E-state index contributed by atoms with van der Waals surface area (Å²) in [5, 5.41) is 2.86. The molecule has 0 saturated carbocycles. The average molecular weight is 453 g/mol. The molecule has 158 valence electrons. The van der Waals surface area contributed by atoms with E-state index in [4.69, 9.17) is 0 Å². The minimum atomic E-state index is -4.07. The van der Waals surface area contributed by atoms with E-state index in [-0.39, 0.29) is 10.4 Å². The topological polar surface area (TPSA) is 101 Å². The average Bonchev–Trinajstić information content (AvgIpc) is 3.24. The van der Waals surface area contributed by atoms with Crippen molar-refractivity contribution in [3.63, 3.8) is 0 Å². The van der Waals surface area contributed by atoms with Crippen molar-refractivity contribution < 1.29 is 13.2 Å². The molecule has 1 unspecified atom stereocenters. The van der Waals surface area contributed by atoms with Crippen LogP contribution in [0.5, 0.6) is 0 Å². The fraction of sp³-hybridized carbons (Fsp3) is 0.136. The SMILES string of the molecule is Cc1cccc(NC(=O)C(NS(=O)(=O)c2cccc3nsnc23)c2ccccc2)c1C. The molecule has 4 aromatic rings. The summed E-state index contributed by atoms with van der Waals surface area (Å²) in [6.07, 6.45) is 0. The third-order valence-corrected chi connectivity index (χ3v) is 7.07. The fourth-order valence-corrected chi connectivity index (χ4v) is 5.18.